The van der Waals surface area contributed by atoms with Crippen LogP contribution in [0.25, 0.3) is 0 Å². The van der Waals surface area contributed by atoms with Crippen molar-refractivity contribution in [1.29, 1.82) is 0 Å². The number of alkyl halides is 3. The Morgan fingerprint density at radius 1 is 1.06 bits per heavy atom. The molecule has 0 saturated carbocycles. The maximum Gasteiger partial charge on any atom is 0.401 e. The summed E-state index contributed by atoms with van der Waals surface area (Å²) in [5, 5.41) is 0. The molecule has 2 aromatic rings. The van der Waals surface area contributed by atoms with Gasteiger partial charge < -0.3 is 9.64 Å². The van der Waals surface area contributed by atoms with Gasteiger partial charge in [-0.25, -0.2) is 8.42 Å². The van der Waals surface area contributed by atoms with Crippen molar-refractivity contribution < 1.29 is 31.1 Å². The summed E-state index contributed by atoms with van der Waals surface area (Å²) in [5.74, 6) is 0.176. The van der Waals surface area contributed by atoms with E-state index in [1.165, 1.54) is 29.0 Å². The van der Waals surface area contributed by atoms with E-state index in [1.807, 2.05) is 0 Å². The van der Waals surface area contributed by atoms with Crippen LogP contribution < -0.4 is 9.46 Å². The quantitative estimate of drug-likeness (QED) is 0.678. The molecule has 33 heavy (non-hydrogen) atoms. The summed E-state index contributed by atoms with van der Waals surface area (Å²) in [7, 11) is -2.47. The summed E-state index contributed by atoms with van der Waals surface area (Å²) in [5.41, 5.74) is 1.12. The first kappa shape index (κ1) is 24.8. The van der Waals surface area contributed by atoms with Crippen molar-refractivity contribution in [3.8, 4) is 5.75 Å². The van der Waals surface area contributed by atoms with Crippen LogP contribution in [0.5, 0.6) is 5.75 Å². The number of hydrogen-bond donors (Lipinski definition) is 1. The van der Waals surface area contributed by atoms with Crippen LogP contribution >= 0.6 is 0 Å². The molecular formula is C22H26F3N3O4S. The second-order valence-corrected chi connectivity index (χ2v) is 9.53. The van der Waals surface area contributed by atoms with Crippen LogP contribution in [0, 0.1) is 6.92 Å². The predicted molar refractivity (Wildman–Crippen MR) is 118 cm³/mol. The SMILES string of the molecule is COc1ccc(NS(=O)(=O)c2ccc(C)c(C(=O)N3CCCN(CC(F)(F)F)CC3)c2)cc1. The van der Waals surface area contributed by atoms with Crippen LogP contribution in [-0.4, -0.2) is 70.1 Å². The van der Waals surface area contributed by atoms with Gasteiger partial charge in [-0.1, -0.05) is 6.07 Å². The molecule has 1 amide bonds. The maximum absolute atomic E-state index is 13.1. The van der Waals surface area contributed by atoms with Gasteiger partial charge in [0.1, 0.15) is 5.75 Å². The summed E-state index contributed by atoms with van der Waals surface area (Å²) in [6.45, 7) is 1.44. The highest BCUT2D eigenvalue weighted by Gasteiger charge is 2.32. The van der Waals surface area contributed by atoms with Crippen LogP contribution in [0.3, 0.4) is 0 Å². The number of amides is 1. The van der Waals surface area contributed by atoms with Crippen molar-refractivity contribution in [3.63, 3.8) is 0 Å². The van der Waals surface area contributed by atoms with E-state index in [2.05, 4.69) is 4.72 Å². The Morgan fingerprint density at radius 2 is 1.76 bits per heavy atom. The second-order valence-electron chi connectivity index (χ2n) is 7.85. The number of carbonyl (C=O) groups excluding carboxylic acids is 1. The molecule has 7 nitrogen and oxygen atoms in total. The van der Waals surface area contributed by atoms with Crippen molar-refractivity contribution in [2.24, 2.45) is 0 Å². The van der Waals surface area contributed by atoms with Gasteiger partial charge in [-0.15, -0.1) is 0 Å². The molecule has 1 heterocycles. The second kappa shape index (κ2) is 10.0. The van der Waals surface area contributed by atoms with Gasteiger partial charge in [0.15, 0.2) is 0 Å². The fourth-order valence-electron chi connectivity index (χ4n) is 3.63. The molecule has 1 aliphatic heterocycles. The van der Waals surface area contributed by atoms with E-state index in [0.717, 1.165) is 0 Å². The van der Waals surface area contributed by atoms with Crippen LogP contribution in [0.2, 0.25) is 0 Å². The standard InChI is InChI=1S/C22H26F3N3O4S/c1-16-4-9-19(33(30,31)26-17-5-7-18(32-2)8-6-17)14-20(16)21(29)28-11-3-10-27(12-13-28)15-22(23,24)25/h4-9,14,26H,3,10-13,15H2,1-2H3. The molecule has 0 spiro atoms. The van der Waals surface area contributed by atoms with Crippen molar-refractivity contribution >= 4 is 21.6 Å². The molecule has 0 bridgehead atoms. The predicted octanol–water partition coefficient (Wildman–Crippen LogP) is 3.51. The van der Waals surface area contributed by atoms with Gasteiger partial charge >= 0.3 is 6.18 Å². The van der Waals surface area contributed by atoms with Gasteiger partial charge in [0.25, 0.3) is 15.9 Å². The molecular weight excluding hydrogens is 459 g/mol. The van der Waals surface area contributed by atoms with E-state index in [0.29, 0.717) is 30.0 Å². The molecule has 11 heteroatoms. The molecule has 180 valence electrons. The number of carbonyl (C=O) groups is 1. The van der Waals surface area contributed by atoms with Gasteiger partial charge in [-0.3, -0.25) is 14.4 Å². The maximum atomic E-state index is 13.1. The van der Waals surface area contributed by atoms with E-state index >= 15 is 0 Å². The Labute approximate surface area is 191 Å². The highest BCUT2D eigenvalue weighted by molar-refractivity contribution is 7.92. The minimum absolute atomic E-state index is 0.0826. The minimum atomic E-state index is -4.30. The van der Waals surface area contributed by atoms with E-state index in [-0.39, 0.29) is 30.1 Å². The number of nitrogens with zero attached hydrogens (tertiary/aromatic N) is 2. The Kier molecular flexibility index (Phi) is 7.53. The molecule has 3 rings (SSSR count). The van der Waals surface area contributed by atoms with Gasteiger partial charge in [0.05, 0.1) is 18.6 Å². The van der Waals surface area contributed by atoms with Crippen LogP contribution in [0.4, 0.5) is 18.9 Å². The monoisotopic (exact) mass is 485 g/mol. The summed E-state index contributed by atoms with van der Waals surface area (Å²) < 4.78 is 71.4. The van der Waals surface area contributed by atoms with Gasteiger partial charge in [-0.05, 0) is 55.3 Å². The van der Waals surface area contributed by atoms with Crippen molar-refractivity contribution in [2.45, 2.75) is 24.4 Å². The number of ether oxygens (including phenoxy) is 1. The number of hydrogen-bond acceptors (Lipinski definition) is 5. The highest BCUT2D eigenvalue weighted by atomic mass is 32.2. The van der Waals surface area contributed by atoms with Crippen LogP contribution in [0.15, 0.2) is 47.4 Å². The number of anilines is 1. The lowest BCUT2D eigenvalue weighted by atomic mass is 10.1. The third kappa shape index (κ3) is 6.61. The van der Waals surface area contributed by atoms with E-state index < -0.39 is 28.7 Å². The minimum Gasteiger partial charge on any atom is -0.497 e. The molecule has 0 aromatic heterocycles. The molecule has 1 aliphatic rings. The molecule has 1 saturated heterocycles. The lowest BCUT2D eigenvalue weighted by Gasteiger charge is -2.23. The third-order valence-electron chi connectivity index (χ3n) is 5.37. The van der Waals surface area contributed by atoms with Crippen molar-refractivity contribution in [2.75, 3.05) is 44.6 Å². The number of aryl methyl sites for hydroxylation is 1. The Bertz CT molecular complexity index is 1090. The summed E-state index contributed by atoms with van der Waals surface area (Å²) in [4.78, 5) is 15.8. The average Bonchev–Trinajstić information content (AvgIpc) is 2.98. The Balaban J connectivity index is 1.76. The number of benzene rings is 2. The lowest BCUT2D eigenvalue weighted by Crippen LogP contribution is -2.38. The Hall–Kier alpha value is -2.79. The van der Waals surface area contributed by atoms with Gasteiger partial charge in [-0.2, -0.15) is 13.2 Å². The summed E-state index contributed by atoms with van der Waals surface area (Å²) >= 11 is 0. The summed E-state index contributed by atoms with van der Waals surface area (Å²) in [6.07, 6.45) is -3.90. The van der Waals surface area contributed by atoms with E-state index in [9.17, 15) is 26.4 Å². The van der Waals surface area contributed by atoms with Crippen molar-refractivity contribution in [1.82, 2.24) is 9.80 Å². The molecule has 0 atom stereocenters. The first-order chi connectivity index (χ1) is 15.5. The van der Waals surface area contributed by atoms with Crippen LogP contribution in [-0.2, 0) is 10.0 Å². The largest absolute Gasteiger partial charge is 0.497 e. The van der Waals surface area contributed by atoms with Gasteiger partial charge in [0.2, 0.25) is 0 Å². The first-order valence-corrected chi connectivity index (χ1v) is 11.8. The zero-order valence-electron chi connectivity index (χ0n) is 18.4. The smallest absolute Gasteiger partial charge is 0.401 e. The molecule has 0 aliphatic carbocycles. The molecule has 1 fully saturated rings. The normalized spacial score (nSPS) is 15.7. The first-order valence-electron chi connectivity index (χ1n) is 10.3. The average molecular weight is 486 g/mol. The molecule has 0 radical (unpaired) electrons. The van der Waals surface area contributed by atoms with E-state index in [1.54, 1.807) is 37.3 Å². The molecule has 1 N–H and O–H groups in total. The summed E-state index contributed by atoms with van der Waals surface area (Å²) in [6, 6.07) is 10.6. The van der Waals surface area contributed by atoms with Crippen molar-refractivity contribution in [3.05, 3.63) is 53.6 Å². The van der Waals surface area contributed by atoms with Crippen LogP contribution in [0.1, 0.15) is 22.3 Å². The van der Waals surface area contributed by atoms with E-state index in [4.69, 9.17) is 4.74 Å². The number of sulfonamides is 1. The highest BCUT2D eigenvalue weighted by Crippen LogP contribution is 2.23. The molecule has 2 aromatic carbocycles. The lowest BCUT2D eigenvalue weighted by molar-refractivity contribution is -0.145. The fourth-order valence-corrected chi connectivity index (χ4v) is 4.71. The zero-order chi connectivity index (χ0) is 24.2. The van der Waals surface area contributed by atoms with Gasteiger partial charge in [0, 0.05) is 37.4 Å². The number of halogens is 3. The number of methoxy groups -OCH3 is 1. The third-order valence-corrected chi connectivity index (χ3v) is 6.75. The molecule has 0 unspecified atom stereocenters. The number of rotatable bonds is 6. The fraction of sp³-hybridized carbons (Fsp3) is 0.409. The zero-order valence-corrected chi connectivity index (χ0v) is 19.2. The topological polar surface area (TPSA) is 78.9 Å². The number of nitrogens with one attached hydrogen (secondary N) is 1. The Morgan fingerprint density at radius 3 is 2.39 bits per heavy atom.